The molecule has 11 heteroatoms. The highest BCUT2D eigenvalue weighted by Crippen LogP contribution is 2.49. The maximum absolute atomic E-state index is 13.9. The Morgan fingerprint density at radius 1 is 1.25 bits per heavy atom. The number of thiocarbonyl (C=S) groups is 1. The molecule has 2 aliphatic rings. The Bertz CT molecular complexity index is 1260. The van der Waals surface area contributed by atoms with Gasteiger partial charge in [-0.2, -0.15) is 0 Å². The normalized spacial score (nSPS) is 26.2. The third-order valence-corrected chi connectivity index (χ3v) is 10.4. The molecular weight excluding hydrogens is 531 g/mol. The van der Waals surface area contributed by atoms with Crippen LogP contribution < -0.4 is 20.4 Å². The Morgan fingerprint density at radius 2 is 1.89 bits per heavy atom. The van der Waals surface area contributed by atoms with Gasteiger partial charge in [-0.25, -0.2) is 4.21 Å². The largest absolute Gasteiger partial charge is 0.351 e. The van der Waals surface area contributed by atoms with Crippen LogP contribution in [0.5, 0.6) is 0 Å². The summed E-state index contributed by atoms with van der Waals surface area (Å²) in [6, 6.07) is 5.13. The Morgan fingerprint density at radius 3 is 2.42 bits per heavy atom. The van der Waals surface area contributed by atoms with Crippen molar-refractivity contribution in [3.63, 3.8) is 0 Å². The minimum atomic E-state index is -2.80. The highest BCUT2D eigenvalue weighted by atomic mass is 32.4. The number of carbonyl (C=O) groups excluding carboxylic acids is 1. The number of nitrogens with one attached hydrogen (secondary N) is 3. The average molecular weight is 571 g/mol. The smallest absolute Gasteiger partial charge is 0.192 e. The zero-order valence-corrected chi connectivity index (χ0v) is 25.8. The molecule has 0 amide bonds. The molecule has 0 bridgehead atoms. The van der Waals surface area contributed by atoms with Crippen LogP contribution in [-0.2, 0) is 30.8 Å². The Hall–Kier alpha value is -1.45. The molecule has 1 aromatic rings. The van der Waals surface area contributed by atoms with Crippen molar-refractivity contribution in [2.75, 3.05) is 29.4 Å². The van der Waals surface area contributed by atoms with Crippen LogP contribution in [0.3, 0.4) is 0 Å². The lowest BCUT2D eigenvalue weighted by Crippen LogP contribution is -2.45. The lowest BCUT2D eigenvalue weighted by atomic mass is 9.83. The molecule has 0 aliphatic carbocycles. The number of rotatable bonds is 6. The number of benzene rings is 1. The number of ketones is 1. The molecule has 0 aromatic heterocycles. The van der Waals surface area contributed by atoms with Crippen LogP contribution in [0.2, 0.25) is 0 Å². The molecule has 200 valence electrons. The minimum Gasteiger partial charge on any atom is -0.351 e. The molecule has 0 radical (unpaired) electrons. The lowest BCUT2D eigenvalue weighted by Gasteiger charge is -2.35. The van der Waals surface area contributed by atoms with E-state index in [2.05, 4.69) is 67.4 Å². The summed E-state index contributed by atoms with van der Waals surface area (Å²) in [6.45, 7) is 15.7. The quantitative estimate of drug-likeness (QED) is 0.260. The van der Waals surface area contributed by atoms with E-state index in [1.807, 2.05) is 25.1 Å². The van der Waals surface area contributed by atoms with E-state index in [1.165, 1.54) is 6.26 Å². The van der Waals surface area contributed by atoms with E-state index in [1.54, 1.807) is 0 Å². The van der Waals surface area contributed by atoms with Crippen LogP contribution in [0.1, 0.15) is 54.9 Å². The topological polar surface area (TPSA) is 82.7 Å². The number of carbonyl (C=O) groups is 1. The zero-order valence-electron chi connectivity index (χ0n) is 22.5. The fourth-order valence-corrected chi connectivity index (χ4v) is 8.36. The van der Waals surface area contributed by atoms with Gasteiger partial charge in [0, 0.05) is 28.2 Å². The van der Waals surface area contributed by atoms with Crippen LogP contribution in [0, 0.1) is 10.8 Å². The van der Waals surface area contributed by atoms with Crippen LogP contribution in [0.25, 0.3) is 0 Å². The summed E-state index contributed by atoms with van der Waals surface area (Å²) in [6.07, 6.45) is -0.363. The van der Waals surface area contributed by atoms with Gasteiger partial charge in [0.1, 0.15) is 10.8 Å². The maximum Gasteiger partial charge on any atom is 0.192 e. The summed E-state index contributed by atoms with van der Waals surface area (Å²) in [4.78, 5) is 16.5. The second kappa shape index (κ2) is 10.0. The first-order valence-corrected chi connectivity index (χ1v) is 17.3. The number of nitrogens with zero attached hydrogens (tertiary/aromatic N) is 1. The van der Waals surface area contributed by atoms with Gasteiger partial charge in [-0.05, 0) is 60.1 Å². The maximum atomic E-state index is 13.9. The first kappa shape index (κ1) is 29.1. The summed E-state index contributed by atoms with van der Waals surface area (Å²) in [5, 5.41) is 7.49. The number of Topliss-reactive ketones (excluding diaryl/α,β-unsaturated/α-hetero) is 1. The minimum absolute atomic E-state index is 0.0148. The number of hydrogen-bond donors (Lipinski definition) is 3. The zero-order chi connectivity index (χ0) is 27.3. The van der Waals surface area contributed by atoms with Gasteiger partial charge in [0.25, 0.3) is 0 Å². The lowest BCUT2D eigenvalue weighted by molar-refractivity contribution is -0.120. The first-order chi connectivity index (χ1) is 16.4. The highest BCUT2D eigenvalue weighted by Gasteiger charge is 2.49. The summed E-state index contributed by atoms with van der Waals surface area (Å²) < 4.78 is 21.2. The Labute approximate surface area is 227 Å². The highest BCUT2D eigenvalue weighted by molar-refractivity contribution is 8.15. The predicted octanol–water partition coefficient (Wildman–Crippen LogP) is 4.62. The summed E-state index contributed by atoms with van der Waals surface area (Å²) >= 11 is 12.0. The fourth-order valence-electron chi connectivity index (χ4n) is 4.39. The van der Waals surface area contributed by atoms with E-state index in [4.69, 9.17) is 28.5 Å². The van der Waals surface area contributed by atoms with Gasteiger partial charge < -0.3 is 24.5 Å². The van der Waals surface area contributed by atoms with Gasteiger partial charge in [-0.3, -0.25) is 4.79 Å². The molecule has 1 fully saturated rings. The van der Waals surface area contributed by atoms with Crippen molar-refractivity contribution in [1.29, 1.82) is 0 Å². The molecule has 3 N–H and O–H groups in total. The molecule has 1 saturated heterocycles. The van der Waals surface area contributed by atoms with Gasteiger partial charge in [-0.1, -0.05) is 53.8 Å². The Balaban J connectivity index is 2.11. The standard InChI is InChI=1S/C25H39N4O3PS3/c1-10-32-33(35)18-15-16(28-36(8,9)31)11-12-17(18)26-22(27-33)19-20(30)21(25(5,6)7)29(23(19)34)14-13-24(2,3)4/h11-12,15,21,26H,8,10,13-14H2,1-7,9H3,(H,27,35)(H,28,31)/b22-19+. The van der Waals surface area contributed by atoms with Crippen LogP contribution in [0.4, 0.5) is 11.4 Å². The summed E-state index contributed by atoms with van der Waals surface area (Å²) in [5.74, 6) is 4.15. The number of anilines is 2. The van der Waals surface area contributed by atoms with Crippen LogP contribution in [0.15, 0.2) is 29.6 Å². The average Bonchev–Trinajstić information content (AvgIpc) is 2.95. The fraction of sp³-hybridized carbons (Fsp3) is 0.560. The van der Waals surface area contributed by atoms with Gasteiger partial charge in [0.15, 0.2) is 12.2 Å². The SMILES string of the molecule is C=S(C)(=O)Nc1ccc2c(c1)P(=S)(OCC)N/C(=C1\C(=O)C(C(C)(C)C)N(CCC(C)(C)C)C1=S)N2. The van der Waals surface area contributed by atoms with E-state index in [0.717, 1.165) is 17.4 Å². The van der Waals surface area contributed by atoms with Crippen LogP contribution >= 0.6 is 18.6 Å². The molecule has 3 atom stereocenters. The number of fused-ring (bicyclic) bond motifs is 1. The molecule has 1 aromatic carbocycles. The van der Waals surface area contributed by atoms with E-state index in [-0.39, 0.29) is 22.7 Å². The number of likely N-dealkylation sites (tertiary alicyclic amines) is 1. The van der Waals surface area contributed by atoms with E-state index >= 15 is 0 Å². The third kappa shape index (κ3) is 6.33. The summed E-state index contributed by atoms with van der Waals surface area (Å²) in [5.41, 5.74) is 1.63. The molecule has 0 spiro atoms. The van der Waals surface area contributed by atoms with Crippen molar-refractivity contribution in [2.45, 2.75) is 60.9 Å². The second-order valence-electron chi connectivity index (χ2n) is 11.7. The van der Waals surface area contributed by atoms with Crippen molar-refractivity contribution in [3.05, 3.63) is 29.6 Å². The Kier molecular flexibility index (Phi) is 8.11. The third-order valence-electron chi connectivity index (χ3n) is 5.93. The van der Waals surface area contributed by atoms with Gasteiger partial charge in [0.05, 0.1) is 29.2 Å². The predicted molar refractivity (Wildman–Crippen MR) is 162 cm³/mol. The molecule has 3 rings (SSSR count). The van der Waals surface area contributed by atoms with Crippen molar-refractivity contribution < 1.29 is 13.5 Å². The van der Waals surface area contributed by atoms with Crippen LogP contribution in [-0.4, -0.2) is 51.2 Å². The first-order valence-electron chi connectivity index (χ1n) is 12.0. The van der Waals surface area contributed by atoms with E-state index in [9.17, 15) is 9.00 Å². The molecule has 2 aliphatic heterocycles. The number of hydrogen-bond acceptors (Lipinski definition) is 6. The summed E-state index contributed by atoms with van der Waals surface area (Å²) in [7, 11) is -2.46. The van der Waals surface area contributed by atoms with Crippen molar-refractivity contribution in [3.8, 4) is 0 Å². The molecular formula is C25H39N4O3PS3. The molecule has 0 saturated carbocycles. The molecule has 2 heterocycles. The van der Waals surface area contributed by atoms with E-state index < -0.39 is 16.1 Å². The van der Waals surface area contributed by atoms with Gasteiger partial charge in [-0.15, -0.1) is 0 Å². The van der Waals surface area contributed by atoms with Crippen molar-refractivity contribution >= 4 is 73.5 Å². The molecule has 36 heavy (non-hydrogen) atoms. The van der Waals surface area contributed by atoms with E-state index in [0.29, 0.717) is 35.2 Å². The molecule has 3 unspecified atom stereocenters. The van der Waals surface area contributed by atoms with Gasteiger partial charge in [0.2, 0.25) is 0 Å². The van der Waals surface area contributed by atoms with Crippen molar-refractivity contribution in [2.24, 2.45) is 10.8 Å². The van der Waals surface area contributed by atoms with Gasteiger partial charge >= 0.3 is 0 Å². The molecule has 7 nitrogen and oxygen atoms in total. The van der Waals surface area contributed by atoms with Crippen molar-refractivity contribution in [1.82, 2.24) is 9.99 Å². The monoisotopic (exact) mass is 570 g/mol. The second-order valence-corrected chi connectivity index (χ2v) is 17.9.